The van der Waals surface area contributed by atoms with Gasteiger partial charge in [-0.1, -0.05) is 32.0 Å². The highest BCUT2D eigenvalue weighted by atomic mass is 15.3. The van der Waals surface area contributed by atoms with Gasteiger partial charge in [-0.3, -0.25) is 0 Å². The molecule has 1 aromatic rings. The topological polar surface area (TPSA) is 9.72 Å². The number of rotatable bonds is 4. The van der Waals surface area contributed by atoms with Gasteiger partial charge in [-0.25, -0.2) is 0 Å². The highest BCUT2D eigenvalue weighted by molar-refractivity contribution is 5.89. The van der Waals surface area contributed by atoms with E-state index >= 15 is 0 Å². The monoisotopic (exact) mass is 301 g/mol. The van der Waals surface area contributed by atoms with Crippen molar-refractivity contribution in [3.63, 3.8) is 0 Å². The Morgan fingerprint density at radius 3 is 1.95 bits per heavy atom. The van der Waals surface area contributed by atoms with Crippen LogP contribution in [0, 0.1) is 5.92 Å². The maximum atomic E-state index is 2.59. The van der Waals surface area contributed by atoms with E-state index in [4.69, 9.17) is 0 Å². The average Bonchev–Trinajstić information content (AvgIpc) is 2.73. The second-order valence-corrected chi connectivity index (χ2v) is 7.23. The molecule has 0 aromatic heterocycles. The molecule has 0 fully saturated rings. The van der Waals surface area contributed by atoms with Crippen LogP contribution in [0.3, 0.4) is 0 Å². The van der Waals surface area contributed by atoms with E-state index in [0.29, 0.717) is 18.0 Å². The molecule has 22 heavy (non-hydrogen) atoms. The molecule has 122 valence electrons. The van der Waals surface area contributed by atoms with Crippen LogP contribution in [0.5, 0.6) is 0 Å². The maximum absolute atomic E-state index is 2.59. The summed E-state index contributed by atoms with van der Waals surface area (Å²) in [5, 5.41) is 0. The molecule has 2 rings (SSSR count). The molecule has 0 aliphatic carbocycles. The van der Waals surface area contributed by atoms with Crippen molar-refractivity contribution >= 4 is 11.3 Å². The summed E-state index contributed by atoms with van der Waals surface area (Å²) < 4.78 is 0. The summed E-state index contributed by atoms with van der Waals surface area (Å²) in [6.45, 7) is 9.24. The third kappa shape index (κ3) is 2.69. The summed E-state index contributed by atoms with van der Waals surface area (Å²) in [5.74, 6) is 1.86. The molecule has 1 aliphatic rings. The Hall–Kier alpha value is -1.64. The lowest BCUT2D eigenvalue weighted by Crippen LogP contribution is -2.42. The van der Waals surface area contributed by atoms with Crippen LogP contribution in [-0.4, -0.2) is 50.1 Å². The number of hydrogen-bond donors (Lipinski definition) is 0. The first kappa shape index (κ1) is 16.7. The first-order valence-corrected chi connectivity index (χ1v) is 8.23. The number of para-hydroxylation sites is 1. The van der Waals surface area contributed by atoms with Crippen LogP contribution in [0.15, 0.2) is 30.1 Å². The summed E-state index contributed by atoms with van der Waals surface area (Å²) in [6, 6.07) is 9.74. The number of anilines is 1. The fourth-order valence-electron chi connectivity index (χ4n) is 3.76. The molecule has 1 heterocycles. The van der Waals surface area contributed by atoms with Gasteiger partial charge in [0.15, 0.2) is 0 Å². The lowest BCUT2D eigenvalue weighted by atomic mass is 9.93. The number of hydrogen-bond acceptors (Lipinski definition) is 3. The molecule has 0 saturated heterocycles. The predicted octanol–water partition coefficient (Wildman–Crippen LogP) is 3.73. The van der Waals surface area contributed by atoms with Crippen molar-refractivity contribution in [3.8, 4) is 0 Å². The van der Waals surface area contributed by atoms with E-state index in [1.807, 2.05) is 0 Å². The molecule has 1 unspecified atom stereocenters. The van der Waals surface area contributed by atoms with E-state index in [1.54, 1.807) is 0 Å². The van der Waals surface area contributed by atoms with Gasteiger partial charge in [0.05, 0.1) is 6.04 Å². The van der Waals surface area contributed by atoms with Crippen LogP contribution in [0.25, 0.3) is 5.57 Å². The molecule has 0 radical (unpaired) electrons. The highest BCUT2D eigenvalue weighted by Gasteiger charge is 2.39. The van der Waals surface area contributed by atoms with E-state index < -0.39 is 0 Å². The molecule has 0 bridgehead atoms. The predicted molar refractivity (Wildman–Crippen MR) is 97.0 cm³/mol. The fourth-order valence-corrected chi connectivity index (χ4v) is 3.76. The molecule has 3 heteroatoms. The third-order valence-corrected chi connectivity index (χ3v) is 4.34. The molecule has 0 spiro atoms. The minimum atomic E-state index is 0.414. The number of nitrogens with zero attached hydrogens (tertiary/aromatic N) is 3. The second kappa shape index (κ2) is 6.23. The molecule has 1 aliphatic heterocycles. The number of fused-ring (bicyclic) bond motifs is 1. The normalized spacial score (nSPS) is 17.3. The molecule has 1 atom stereocenters. The van der Waals surface area contributed by atoms with Gasteiger partial charge < -0.3 is 14.7 Å². The van der Waals surface area contributed by atoms with Crippen molar-refractivity contribution < 1.29 is 0 Å². The second-order valence-electron chi connectivity index (χ2n) is 7.23. The van der Waals surface area contributed by atoms with Crippen molar-refractivity contribution in [2.24, 2.45) is 5.92 Å². The van der Waals surface area contributed by atoms with Crippen LogP contribution in [0.2, 0.25) is 0 Å². The number of benzene rings is 1. The average molecular weight is 301 g/mol. The van der Waals surface area contributed by atoms with Gasteiger partial charge in [-0.05, 0) is 25.8 Å². The Kier molecular flexibility index (Phi) is 4.74. The lowest BCUT2D eigenvalue weighted by molar-refractivity contribution is 0.340. The maximum Gasteiger partial charge on any atom is 0.109 e. The van der Waals surface area contributed by atoms with E-state index in [-0.39, 0.29) is 0 Å². The van der Waals surface area contributed by atoms with Gasteiger partial charge in [-0.15, -0.1) is 0 Å². The third-order valence-electron chi connectivity index (χ3n) is 4.34. The zero-order chi connectivity index (χ0) is 16.6. The van der Waals surface area contributed by atoms with Crippen molar-refractivity contribution in [3.05, 3.63) is 35.6 Å². The van der Waals surface area contributed by atoms with Gasteiger partial charge in [0.2, 0.25) is 0 Å². The molecular weight excluding hydrogens is 270 g/mol. The SMILES string of the molecule is CC(C)C1C(=C(N(C)C)N(C)C)c2ccccc2N1C(C)C. The molecule has 3 nitrogen and oxygen atoms in total. The molecule has 0 saturated carbocycles. The highest BCUT2D eigenvalue weighted by Crippen LogP contribution is 2.46. The van der Waals surface area contributed by atoms with Gasteiger partial charge >= 0.3 is 0 Å². The largest absolute Gasteiger partial charge is 0.364 e. The summed E-state index contributed by atoms with van der Waals surface area (Å²) in [5.41, 5.74) is 4.20. The zero-order valence-electron chi connectivity index (χ0n) is 15.4. The van der Waals surface area contributed by atoms with Crippen molar-refractivity contribution in [1.29, 1.82) is 0 Å². The van der Waals surface area contributed by atoms with Crippen LogP contribution < -0.4 is 4.90 Å². The van der Waals surface area contributed by atoms with Gasteiger partial charge in [0, 0.05) is 51.1 Å². The first-order valence-electron chi connectivity index (χ1n) is 8.23. The molecule has 0 N–H and O–H groups in total. The van der Waals surface area contributed by atoms with Gasteiger partial charge in [0.1, 0.15) is 5.82 Å². The Bertz CT molecular complexity index is 546. The van der Waals surface area contributed by atoms with Crippen LogP contribution in [0.1, 0.15) is 33.3 Å². The lowest BCUT2D eigenvalue weighted by Gasteiger charge is -2.36. The Labute approximate surface area is 136 Å². The quantitative estimate of drug-likeness (QED) is 0.839. The van der Waals surface area contributed by atoms with Gasteiger partial charge in [-0.2, -0.15) is 0 Å². The van der Waals surface area contributed by atoms with Crippen LogP contribution >= 0.6 is 0 Å². The van der Waals surface area contributed by atoms with E-state index in [0.717, 1.165) is 0 Å². The Balaban J connectivity index is 2.78. The van der Waals surface area contributed by atoms with Crippen molar-refractivity contribution in [2.45, 2.75) is 39.8 Å². The van der Waals surface area contributed by atoms with Gasteiger partial charge in [0.25, 0.3) is 0 Å². The summed E-state index contributed by atoms with van der Waals surface area (Å²) in [6.07, 6.45) is 0. The minimum absolute atomic E-state index is 0.414. The minimum Gasteiger partial charge on any atom is -0.364 e. The Morgan fingerprint density at radius 1 is 0.955 bits per heavy atom. The van der Waals surface area contributed by atoms with Crippen LogP contribution in [0.4, 0.5) is 5.69 Å². The van der Waals surface area contributed by atoms with Crippen molar-refractivity contribution in [1.82, 2.24) is 9.80 Å². The van der Waals surface area contributed by atoms with Crippen LogP contribution in [-0.2, 0) is 0 Å². The smallest absolute Gasteiger partial charge is 0.109 e. The summed E-state index contributed by atoms with van der Waals surface area (Å²) in [4.78, 5) is 7.07. The standard InChI is InChI=1S/C19H31N3/c1-13(2)18-17(19(20(5)6)21(7)8)15-11-9-10-12-16(15)22(18)14(3)4/h9-14,18H,1-8H3. The summed E-state index contributed by atoms with van der Waals surface area (Å²) in [7, 11) is 8.56. The molecule has 0 amide bonds. The van der Waals surface area contributed by atoms with Crippen molar-refractivity contribution in [2.75, 3.05) is 33.1 Å². The first-order chi connectivity index (χ1) is 10.3. The van der Waals surface area contributed by atoms with E-state index in [1.165, 1.54) is 22.6 Å². The summed E-state index contributed by atoms with van der Waals surface area (Å²) >= 11 is 0. The van der Waals surface area contributed by atoms with E-state index in [9.17, 15) is 0 Å². The Morgan fingerprint density at radius 2 is 1.50 bits per heavy atom. The molecule has 1 aromatic carbocycles. The fraction of sp³-hybridized carbons (Fsp3) is 0.579. The van der Waals surface area contributed by atoms with E-state index in [2.05, 4.69) is 94.9 Å². The zero-order valence-corrected chi connectivity index (χ0v) is 15.4. The molecular formula is C19H31N3.